The third-order valence-electron chi connectivity index (χ3n) is 3.88. The fraction of sp³-hybridized carbons (Fsp3) is 0.300. The van der Waals surface area contributed by atoms with Gasteiger partial charge >= 0.3 is 5.97 Å². The molecule has 24 heavy (non-hydrogen) atoms. The van der Waals surface area contributed by atoms with Crippen LogP contribution >= 0.6 is 0 Å². The summed E-state index contributed by atoms with van der Waals surface area (Å²) >= 11 is 0. The Bertz CT molecular complexity index is 688. The molecule has 2 aromatic carbocycles. The van der Waals surface area contributed by atoms with Gasteiger partial charge < -0.3 is 10.4 Å². The van der Waals surface area contributed by atoms with Crippen LogP contribution in [0.3, 0.4) is 0 Å². The van der Waals surface area contributed by atoms with Gasteiger partial charge in [-0.05, 0) is 41.2 Å². The number of rotatable bonds is 7. The van der Waals surface area contributed by atoms with Crippen LogP contribution in [0.4, 0.5) is 5.69 Å². The normalized spacial score (nSPS) is 10.6. The molecule has 0 saturated carbocycles. The van der Waals surface area contributed by atoms with E-state index >= 15 is 0 Å². The number of hydrogen-bond donors (Lipinski definition) is 2. The summed E-state index contributed by atoms with van der Waals surface area (Å²) in [5.74, 6) is -0.407. The molecule has 4 heteroatoms. The highest BCUT2D eigenvalue weighted by molar-refractivity contribution is 5.90. The van der Waals surface area contributed by atoms with E-state index in [1.165, 1.54) is 5.56 Å². The first-order valence-corrected chi connectivity index (χ1v) is 8.13. The molecular formula is C20H23NO3. The molecule has 2 rings (SSSR count). The van der Waals surface area contributed by atoms with Crippen molar-refractivity contribution in [1.29, 1.82) is 0 Å². The Labute approximate surface area is 142 Å². The molecule has 0 heterocycles. The summed E-state index contributed by atoms with van der Waals surface area (Å²) in [4.78, 5) is 22.7. The number of carbonyl (C=O) groups is 2. The van der Waals surface area contributed by atoms with Crippen molar-refractivity contribution >= 4 is 17.6 Å². The smallest absolute Gasteiger partial charge is 0.307 e. The molecule has 0 aliphatic carbocycles. The van der Waals surface area contributed by atoms with E-state index in [1.54, 1.807) is 24.3 Å². The van der Waals surface area contributed by atoms with Crippen LogP contribution < -0.4 is 5.32 Å². The lowest BCUT2D eigenvalue weighted by atomic mass is 10.0. The van der Waals surface area contributed by atoms with Crippen LogP contribution in [0, 0.1) is 0 Å². The van der Waals surface area contributed by atoms with E-state index in [0.717, 1.165) is 5.56 Å². The Hall–Kier alpha value is -2.62. The number of carbonyl (C=O) groups excluding carboxylic acids is 1. The topological polar surface area (TPSA) is 66.4 Å². The molecular weight excluding hydrogens is 302 g/mol. The second-order valence-electron chi connectivity index (χ2n) is 6.21. The average Bonchev–Trinajstić information content (AvgIpc) is 2.54. The minimum absolute atomic E-state index is 0.0133. The molecule has 0 aliphatic rings. The number of benzene rings is 2. The fourth-order valence-corrected chi connectivity index (χ4v) is 2.43. The zero-order valence-electron chi connectivity index (χ0n) is 14.1. The predicted molar refractivity (Wildman–Crippen MR) is 95.3 cm³/mol. The van der Waals surface area contributed by atoms with Gasteiger partial charge in [0.25, 0.3) is 0 Å². The second-order valence-corrected chi connectivity index (χ2v) is 6.21. The lowest BCUT2D eigenvalue weighted by molar-refractivity contribution is -0.136. The molecule has 0 fully saturated rings. The molecule has 0 aromatic heterocycles. The molecule has 0 spiro atoms. The van der Waals surface area contributed by atoms with E-state index in [4.69, 9.17) is 5.11 Å². The highest BCUT2D eigenvalue weighted by Gasteiger charge is 2.05. The average molecular weight is 325 g/mol. The van der Waals surface area contributed by atoms with Crippen LogP contribution in [-0.4, -0.2) is 17.0 Å². The van der Waals surface area contributed by atoms with Crippen molar-refractivity contribution in [1.82, 2.24) is 0 Å². The Balaban J connectivity index is 1.83. The zero-order valence-corrected chi connectivity index (χ0v) is 14.1. The van der Waals surface area contributed by atoms with Crippen LogP contribution in [0.5, 0.6) is 0 Å². The Morgan fingerprint density at radius 2 is 1.54 bits per heavy atom. The number of carboxylic acids is 1. The lowest BCUT2D eigenvalue weighted by Gasteiger charge is -2.08. The molecule has 0 saturated heterocycles. The minimum atomic E-state index is -0.865. The molecule has 2 aromatic rings. The van der Waals surface area contributed by atoms with Gasteiger partial charge in [0.15, 0.2) is 0 Å². The van der Waals surface area contributed by atoms with Gasteiger partial charge in [0.2, 0.25) is 5.91 Å². The number of hydrogen-bond acceptors (Lipinski definition) is 2. The van der Waals surface area contributed by atoms with E-state index in [-0.39, 0.29) is 12.3 Å². The van der Waals surface area contributed by atoms with Crippen LogP contribution in [0.2, 0.25) is 0 Å². The van der Waals surface area contributed by atoms with Gasteiger partial charge in [-0.25, -0.2) is 0 Å². The zero-order chi connectivity index (χ0) is 17.5. The van der Waals surface area contributed by atoms with Crippen molar-refractivity contribution in [3.63, 3.8) is 0 Å². The van der Waals surface area contributed by atoms with Gasteiger partial charge in [0.1, 0.15) is 0 Å². The monoisotopic (exact) mass is 325 g/mol. The molecule has 4 nitrogen and oxygen atoms in total. The van der Waals surface area contributed by atoms with Crippen molar-refractivity contribution < 1.29 is 14.7 Å². The van der Waals surface area contributed by atoms with E-state index in [9.17, 15) is 9.59 Å². The van der Waals surface area contributed by atoms with Crippen molar-refractivity contribution in [3.8, 4) is 0 Å². The van der Waals surface area contributed by atoms with Gasteiger partial charge in [0, 0.05) is 12.1 Å². The number of nitrogens with one attached hydrogen (secondary N) is 1. The molecule has 0 unspecified atom stereocenters. The van der Waals surface area contributed by atoms with Crippen molar-refractivity contribution in [2.45, 2.75) is 39.0 Å². The number of aryl methyl sites for hydroxylation is 1. The van der Waals surface area contributed by atoms with Crippen LogP contribution in [0.15, 0.2) is 48.5 Å². The van der Waals surface area contributed by atoms with Crippen molar-refractivity contribution in [2.75, 3.05) is 5.32 Å². The molecule has 0 atom stereocenters. The maximum atomic E-state index is 12.0. The summed E-state index contributed by atoms with van der Waals surface area (Å²) in [5.41, 5.74) is 3.84. The fourth-order valence-electron chi connectivity index (χ4n) is 2.43. The molecule has 0 bridgehead atoms. The Morgan fingerprint density at radius 1 is 0.958 bits per heavy atom. The number of anilines is 1. The second kappa shape index (κ2) is 8.29. The van der Waals surface area contributed by atoms with E-state index in [1.807, 2.05) is 0 Å². The van der Waals surface area contributed by atoms with E-state index in [0.29, 0.717) is 30.0 Å². The highest BCUT2D eigenvalue weighted by Crippen LogP contribution is 2.16. The third-order valence-corrected chi connectivity index (χ3v) is 3.88. The van der Waals surface area contributed by atoms with Gasteiger partial charge in [-0.3, -0.25) is 9.59 Å². The largest absolute Gasteiger partial charge is 0.481 e. The summed E-state index contributed by atoms with van der Waals surface area (Å²) in [6.07, 6.45) is 1.10. The van der Waals surface area contributed by atoms with Gasteiger partial charge in [-0.2, -0.15) is 0 Å². The number of amides is 1. The van der Waals surface area contributed by atoms with E-state index < -0.39 is 5.97 Å². The standard InChI is InChI=1S/C20H23NO3/c1-14(2)17-8-3-15(4-9-17)7-12-19(22)21-18-10-5-16(6-11-18)13-20(23)24/h3-6,8-11,14H,7,12-13H2,1-2H3,(H,21,22)(H,23,24). The first-order valence-electron chi connectivity index (χ1n) is 8.13. The quantitative estimate of drug-likeness (QED) is 0.808. The molecule has 1 amide bonds. The van der Waals surface area contributed by atoms with Crippen LogP contribution in [-0.2, 0) is 22.4 Å². The summed E-state index contributed by atoms with van der Waals surface area (Å²) in [7, 11) is 0. The van der Waals surface area contributed by atoms with E-state index in [2.05, 4.69) is 43.4 Å². The first kappa shape index (κ1) is 17.7. The highest BCUT2D eigenvalue weighted by atomic mass is 16.4. The number of aliphatic carboxylic acids is 1. The SMILES string of the molecule is CC(C)c1ccc(CCC(=O)Nc2ccc(CC(=O)O)cc2)cc1. The molecule has 0 aliphatic heterocycles. The third kappa shape index (κ3) is 5.54. The Kier molecular flexibility index (Phi) is 6.13. The van der Waals surface area contributed by atoms with Gasteiger partial charge in [-0.1, -0.05) is 50.2 Å². The summed E-state index contributed by atoms with van der Waals surface area (Å²) in [6.45, 7) is 4.31. The minimum Gasteiger partial charge on any atom is -0.481 e. The van der Waals surface area contributed by atoms with Gasteiger partial charge in [0.05, 0.1) is 6.42 Å². The predicted octanol–water partition coefficient (Wildman–Crippen LogP) is 4.01. The Morgan fingerprint density at radius 3 is 2.08 bits per heavy atom. The van der Waals surface area contributed by atoms with Crippen molar-refractivity contribution in [2.24, 2.45) is 0 Å². The molecule has 2 N–H and O–H groups in total. The van der Waals surface area contributed by atoms with Crippen molar-refractivity contribution in [3.05, 3.63) is 65.2 Å². The maximum Gasteiger partial charge on any atom is 0.307 e. The molecule has 126 valence electrons. The van der Waals surface area contributed by atoms with Crippen LogP contribution in [0.1, 0.15) is 42.9 Å². The van der Waals surface area contributed by atoms with Crippen LogP contribution in [0.25, 0.3) is 0 Å². The summed E-state index contributed by atoms with van der Waals surface area (Å²) in [5, 5.41) is 11.6. The number of carboxylic acid groups (broad SMARTS) is 1. The molecule has 0 radical (unpaired) electrons. The maximum absolute atomic E-state index is 12.0. The van der Waals surface area contributed by atoms with Gasteiger partial charge in [-0.15, -0.1) is 0 Å². The summed E-state index contributed by atoms with van der Waals surface area (Å²) < 4.78 is 0. The summed E-state index contributed by atoms with van der Waals surface area (Å²) in [6, 6.07) is 15.3. The lowest BCUT2D eigenvalue weighted by Crippen LogP contribution is -2.12. The first-order chi connectivity index (χ1) is 11.4.